The minimum Gasteiger partial charge on any atom is -0.318 e. The zero-order valence-corrected chi connectivity index (χ0v) is 12.7. The summed E-state index contributed by atoms with van der Waals surface area (Å²) in [7, 11) is 1.59. The first-order valence-electron chi connectivity index (χ1n) is 7.17. The van der Waals surface area contributed by atoms with Crippen LogP contribution in [-0.2, 0) is 20.1 Å². The minimum absolute atomic E-state index is 0.0188. The highest BCUT2D eigenvalue weighted by atomic mass is 19.2. The molecular weight excluding hydrogens is 299 g/mol. The largest absolute Gasteiger partial charge is 0.318 e. The summed E-state index contributed by atoms with van der Waals surface area (Å²) >= 11 is 0. The summed E-state index contributed by atoms with van der Waals surface area (Å²) in [4.78, 5) is 15.6. The molecule has 1 aliphatic heterocycles. The number of hydrogen-bond donors (Lipinski definition) is 2. The quantitative estimate of drug-likeness (QED) is 0.493. The van der Waals surface area contributed by atoms with Crippen LogP contribution in [0.25, 0.3) is 5.70 Å². The number of fused-ring (bicyclic) bond motifs is 1. The number of aromatic nitrogens is 3. The van der Waals surface area contributed by atoms with Crippen molar-refractivity contribution >= 4 is 11.5 Å². The lowest BCUT2D eigenvalue weighted by Crippen LogP contribution is -2.28. The number of aryl methyl sites for hydroxylation is 1. The number of rotatable bonds is 3. The molecule has 0 atom stereocenters. The zero-order chi connectivity index (χ0) is 16.4. The predicted octanol–water partition coefficient (Wildman–Crippen LogP) is 0.577. The lowest BCUT2D eigenvalue weighted by Gasteiger charge is -2.13. The van der Waals surface area contributed by atoms with E-state index in [4.69, 9.17) is 0 Å². The van der Waals surface area contributed by atoms with Gasteiger partial charge in [-0.3, -0.25) is 9.48 Å². The van der Waals surface area contributed by atoms with E-state index < -0.39 is 0 Å². The third-order valence-corrected chi connectivity index (χ3v) is 3.66. The Hall–Kier alpha value is -2.74. The Balaban J connectivity index is 1.90. The first kappa shape index (κ1) is 15.2. The molecule has 0 unspecified atom stereocenters. The molecule has 0 saturated carbocycles. The molecule has 0 aromatic carbocycles. The molecule has 0 aliphatic carbocycles. The van der Waals surface area contributed by atoms with Crippen LogP contribution in [0.2, 0.25) is 0 Å². The lowest BCUT2D eigenvalue weighted by molar-refractivity contribution is 0.433. The molecule has 7 nitrogen and oxygen atoms in total. The van der Waals surface area contributed by atoms with E-state index in [0.717, 1.165) is 25.3 Å². The molecule has 0 fully saturated rings. The summed E-state index contributed by atoms with van der Waals surface area (Å²) in [5.74, 6) is -0.0188. The van der Waals surface area contributed by atoms with Crippen molar-refractivity contribution in [2.75, 3.05) is 6.54 Å². The van der Waals surface area contributed by atoms with Gasteiger partial charge in [-0.1, -0.05) is 6.58 Å². The number of aliphatic imine (C=N–C) groups is 1. The summed E-state index contributed by atoms with van der Waals surface area (Å²) < 4.78 is 16.4. The van der Waals surface area contributed by atoms with Crippen LogP contribution < -0.4 is 16.4 Å². The Morgan fingerprint density at radius 2 is 2.35 bits per heavy atom. The van der Waals surface area contributed by atoms with Crippen molar-refractivity contribution in [3.8, 4) is 0 Å². The summed E-state index contributed by atoms with van der Waals surface area (Å²) in [5.41, 5.74) is 3.81. The molecule has 23 heavy (non-hydrogen) atoms. The molecular formula is C15H17FN6O. The average Bonchev–Trinajstić information content (AvgIpc) is 2.99. The Kier molecular flexibility index (Phi) is 4.07. The smallest absolute Gasteiger partial charge is 0.250 e. The van der Waals surface area contributed by atoms with Gasteiger partial charge >= 0.3 is 0 Å². The number of nitrogens with one attached hydrogen (secondary N) is 2. The minimum atomic E-state index is -0.180. The fraction of sp³-hybridized carbons (Fsp3) is 0.267. The first-order valence-corrected chi connectivity index (χ1v) is 7.17. The number of pyridine rings is 1. The number of nitrogens with zero attached hydrogens (tertiary/aromatic N) is 4. The number of amidine groups is 1. The average molecular weight is 316 g/mol. The van der Waals surface area contributed by atoms with Gasteiger partial charge in [0.25, 0.3) is 0 Å². The SMILES string of the molecule is C=C(/N=C(\NF)c1ccc(=O)n(C)c1)c1cc2n(n1)CCNC2. The van der Waals surface area contributed by atoms with Crippen LogP contribution in [0.3, 0.4) is 0 Å². The van der Waals surface area contributed by atoms with Gasteiger partial charge in [0.15, 0.2) is 5.84 Å². The summed E-state index contributed by atoms with van der Waals surface area (Å²) in [5, 5.41) is 7.68. The standard InChI is InChI=1S/C15H17FN6O/c1-10(13-7-12-8-17-5-6-22(12)20-13)18-15(19-16)11-3-4-14(23)21(2)9-11/h3-4,7,9,17H,1,5-6,8H2,2H3,(H,18,19). The Bertz CT molecular complexity index is 811. The molecule has 3 rings (SSSR count). The van der Waals surface area contributed by atoms with Crippen molar-refractivity contribution < 1.29 is 4.48 Å². The van der Waals surface area contributed by atoms with E-state index >= 15 is 0 Å². The zero-order valence-electron chi connectivity index (χ0n) is 12.7. The van der Waals surface area contributed by atoms with E-state index in [1.165, 1.54) is 22.9 Å². The maximum atomic E-state index is 13.1. The van der Waals surface area contributed by atoms with E-state index in [1.54, 1.807) is 12.6 Å². The molecule has 120 valence electrons. The molecule has 3 heterocycles. The molecule has 1 aliphatic rings. The first-order chi connectivity index (χ1) is 11.1. The van der Waals surface area contributed by atoms with Gasteiger partial charge in [0, 0.05) is 38.0 Å². The van der Waals surface area contributed by atoms with Crippen molar-refractivity contribution in [3.05, 3.63) is 58.3 Å². The van der Waals surface area contributed by atoms with Gasteiger partial charge < -0.3 is 9.88 Å². The van der Waals surface area contributed by atoms with Crippen molar-refractivity contribution in [1.82, 2.24) is 25.2 Å². The maximum Gasteiger partial charge on any atom is 0.250 e. The topological polar surface area (TPSA) is 76.2 Å². The number of halogens is 1. The highest BCUT2D eigenvalue weighted by Gasteiger charge is 2.14. The van der Waals surface area contributed by atoms with Crippen LogP contribution in [0.15, 0.2) is 40.8 Å². The van der Waals surface area contributed by atoms with E-state index in [2.05, 4.69) is 22.0 Å². The van der Waals surface area contributed by atoms with Gasteiger partial charge in [-0.05, 0) is 12.1 Å². The molecule has 0 radical (unpaired) electrons. The highest BCUT2D eigenvalue weighted by molar-refractivity contribution is 6.00. The fourth-order valence-electron chi connectivity index (χ4n) is 2.40. The molecule has 0 spiro atoms. The lowest BCUT2D eigenvalue weighted by atomic mass is 10.2. The van der Waals surface area contributed by atoms with Gasteiger partial charge in [0.1, 0.15) is 5.69 Å². The molecule has 2 aromatic rings. The van der Waals surface area contributed by atoms with Gasteiger partial charge in [-0.15, -0.1) is 4.48 Å². The van der Waals surface area contributed by atoms with E-state index in [-0.39, 0.29) is 11.4 Å². The normalized spacial score (nSPS) is 14.4. The van der Waals surface area contributed by atoms with Crippen molar-refractivity contribution in [3.63, 3.8) is 0 Å². The van der Waals surface area contributed by atoms with Crippen LogP contribution in [-0.4, -0.2) is 26.7 Å². The van der Waals surface area contributed by atoms with E-state index in [1.807, 2.05) is 10.7 Å². The molecule has 8 heteroatoms. The number of hydrogen-bond acceptors (Lipinski definition) is 4. The summed E-state index contributed by atoms with van der Waals surface area (Å²) in [6.45, 7) is 6.24. The van der Waals surface area contributed by atoms with Gasteiger partial charge in [-0.2, -0.15) is 5.10 Å². The monoisotopic (exact) mass is 316 g/mol. The summed E-state index contributed by atoms with van der Waals surface area (Å²) in [6.07, 6.45) is 1.50. The van der Waals surface area contributed by atoms with Gasteiger partial charge in [-0.25, -0.2) is 10.5 Å². The summed E-state index contributed by atoms with van der Waals surface area (Å²) in [6, 6.07) is 4.74. The Labute approximate surface area is 132 Å². The van der Waals surface area contributed by atoms with Crippen LogP contribution in [0.4, 0.5) is 4.48 Å². The van der Waals surface area contributed by atoms with Crippen LogP contribution in [0, 0.1) is 0 Å². The van der Waals surface area contributed by atoms with Crippen LogP contribution in [0.5, 0.6) is 0 Å². The van der Waals surface area contributed by atoms with Crippen molar-refractivity contribution in [2.45, 2.75) is 13.1 Å². The van der Waals surface area contributed by atoms with E-state index in [0.29, 0.717) is 17.0 Å². The molecule has 0 saturated heterocycles. The second-order valence-corrected chi connectivity index (χ2v) is 5.29. The van der Waals surface area contributed by atoms with Gasteiger partial charge in [0.2, 0.25) is 5.56 Å². The highest BCUT2D eigenvalue weighted by Crippen LogP contribution is 2.17. The second kappa shape index (κ2) is 6.17. The van der Waals surface area contributed by atoms with Crippen LogP contribution in [0.1, 0.15) is 17.0 Å². The molecule has 2 aromatic heterocycles. The van der Waals surface area contributed by atoms with Crippen molar-refractivity contribution in [1.29, 1.82) is 0 Å². The third-order valence-electron chi connectivity index (χ3n) is 3.66. The van der Waals surface area contributed by atoms with Gasteiger partial charge in [0.05, 0.1) is 17.9 Å². The van der Waals surface area contributed by atoms with Crippen molar-refractivity contribution in [2.24, 2.45) is 12.0 Å². The molecule has 2 N–H and O–H groups in total. The predicted molar refractivity (Wildman–Crippen MR) is 85.4 cm³/mol. The molecule has 0 bridgehead atoms. The second-order valence-electron chi connectivity index (χ2n) is 5.29. The van der Waals surface area contributed by atoms with E-state index in [9.17, 15) is 9.28 Å². The third kappa shape index (κ3) is 3.07. The van der Waals surface area contributed by atoms with Crippen LogP contribution >= 0.6 is 0 Å². The Morgan fingerprint density at radius 1 is 1.52 bits per heavy atom. The fourth-order valence-corrected chi connectivity index (χ4v) is 2.40. The maximum absolute atomic E-state index is 13.1. The molecule has 0 amide bonds. The Morgan fingerprint density at radius 3 is 3.04 bits per heavy atom.